The fourth-order valence-electron chi connectivity index (χ4n) is 3.49. The van der Waals surface area contributed by atoms with Crippen LogP contribution in [0, 0.1) is 39.0 Å². The van der Waals surface area contributed by atoms with Gasteiger partial charge in [0.05, 0.1) is 22.3 Å². The van der Waals surface area contributed by atoms with Crippen molar-refractivity contribution in [2.45, 2.75) is 27.7 Å². The van der Waals surface area contributed by atoms with Gasteiger partial charge in [-0.15, -0.1) is 0 Å². The molecule has 0 fully saturated rings. The summed E-state index contributed by atoms with van der Waals surface area (Å²) in [6.45, 7) is 7.37. The zero-order valence-corrected chi connectivity index (χ0v) is 15.1. The minimum atomic E-state index is -0.658. The molecule has 0 radical (unpaired) electrons. The van der Waals surface area contributed by atoms with Crippen LogP contribution in [0.3, 0.4) is 0 Å². The number of benzene rings is 2. The van der Waals surface area contributed by atoms with Gasteiger partial charge in [0.1, 0.15) is 17.6 Å². The standard InChI is InChI=1S/C20H20N4O2/c1-9-5-6-15(25)12(4)17(9)24-18-13(16(19(24)22)20(23)26)7-10(2)11(3)14(18)8-21/h5-7,25H,22H2,1-4H3,(H2,23,26). The normalized spacial score (nSPS) is 10.9. The number of anilines is 1. The second kappa shape index (κ2) is 5.81. The zero-order chi connectivity index (χ0) is 19.3. The molecule has 26 heavy (non-hydrogen) atoms. The smallest absolute Gasteiger partial charge is 0.253 e. The van der Waals surface area contributed by atoms with Gasteiger partial charge < -0.3 is 16.6 Å². The van der Waals surface area contributed by atoms with Crippen LogP contribution in [0.2, 0.25) is 0 Å². The number of phenols is 1. The van der Waals surface area contributed by atoms with Crippen molar-refractivity contribution in [1.82, 2.24) is 4.57 Å². The van der Waals surface area contributed by atoms with Crippen molar-refractivity contribution in [2.24, 2.45) is 5.73 Å². The first-order valence-electron chi connectivity index (χ1n) is 8.14. The number of phenolic OH excluding ortho intramolecular Hbond substituents is 1. The van der Waals surface area contributed by atoms with E-state index in [4.69, 9.17) is 11.5 Å². The fraction of sp³-hybridized carbons (Fsp3) is 0.200. The van der Waals surface area contributed by atoms with E-state index in [1.807, 2.05) is 26.8 Å². The van der Waals surface area contributed by atoms with E-state index in [1.54, 1.807) is 23.6 Å². The maximum absolute atomic E-state index is 12.1. The van der Waals surface area contributed by atoms with Crippen molar-refractivity contribution in [2.75, 3.05) is 5.73 Å². The van der Waals surface area contributed by atoms with Gasteiger partial charge in [-0.05, 0) is 56.5 Å². The molecule has 0 aliphatic heterocycles. The lowest BCUT2D eigenvalue weighted by Gasteiger charge is -2.17. The Balaban J connectivity index is 2.67. The second-order valence-corrected chi connectivity index (χ2v) is 6.54. The summed E-state index contributed by atoms with van der Waals surface area (Å²) >= 11 is 0. The number of primary amides is 1. The molecule has 3 aromatic rings. The van der Waals surface area contributed by atoms with Crippen molar-refractivity contribution >= 4 is 22.6 Å². The van der Waals surface area contributed by atoms with E-state index < -0.39 is 5.91 Å². The summed E-state index contributed by atoms with van der Waals surface area (Å²) in [6, 6.07) is 7.42. The largest absolute Gasteiger partial charge is 0.508 e. The van der Waals surface area contributed by atoms with Crippen LogP contribution >= 0.6 is 0 Å². The minimum Gasteiger partial charge on any atom is -0.508 e. The number of aromatic nitrogens is 1. The number of aromatic hydroxyl groups is 1. The molecule has 0 saturated heterocycles. The van der Waals surface area contributed by atoms with Crippen LogP contribution in [-0.2, 0) is 0 Å². The predicted octanol–water partition coefficient (Wildman–Crippen LogP) is 3.12. The number of carbonyl (C=O) groups excluding carboxylic acids is 1. The summed E-state index contributed by atoms with van der Waals surface area (Å²) in [6.07, 6.45) is 0. The van der Waals surface area contributed by atoms with E-state index in [1.165, 1.54) is 0 Å². The molecule has 0 aliphatic rings. The number of hydrogen-bond donors (Lipinski definition) is 3. The molecule has 6 heteroatoms. The van der Waals surface area contributed by atoms with Gasteiger partial charge in [0.15, 0.2) is 0 Å². The molecule has 1 amide bonds. The predicted molar refractivity (Wildman–Crippen MR) is 102 cm³/mol. The molecule has 1 aromatic heterocycles. The van der Waals surface area contributed by atoms with Gasteiger partial charge in [-0.1, -0.05) is 6.07 Å². The minimum absolute atomic E-state index is 0.106. The summed E-state index contributed by atoms with van der Waals surface area (Å²) in [7, 11) is 0. The fourth-order valence-corrected chi connectivity index (χ4v) is 3.49. The summed E-state index contributed by atoms with van der Waals surface area (Å²) in [5.41, 5.74) is 16.8. The Morgan fingerprint density at radius 3 is 2.38 bits per heavy atom. The highest BCUT2D eigenvalue weighted by Gasteiger charge is 2.26. The highest BCUT2D eigenvalue weighted by molar-refractivity contribution is 6.13. The van der Waals surface area contributed by atoms with E-state index in [2.05, 4.69) is 6.07 Å². The molecular weight excluding hydrogens is 328 g/mol. The number of aryl methyl sites for hydroxylation is 2. The van der Waals surface area contributed by atoms with Crippen molar-refractivity contribution in [3.05, 3.63) is 51.6 Å². The number of fused-ring (bicyclic) bond motifs is 1. The SMILES string of the molecule is Cc1cc2c(C(N)=O)c(N)n(-c3c(C)ccc(O)c3C)c2c(C#N)c1C. The number of nitrogen functional groups attached to an aromatic ring is 1. The van der Waals surface area contributed by atoms with Crippen molar-refractivity contribution in [3.63, 3.8) is 0 Å². The highest BCUT2D eigenvalue weighted by Crippen LogP contribution is 2.39. The number of nitriles is 1. The zero-order valence-electron chi connectivity index (χ0n) is 15.1. The number of nitrogens with two attached hydrogens (primary N) is 2. The highest BCUT2D eigenvalue weighted by atomic mass is 16.3. The summed E-state index contributed by atoms with van der Waals surface area (Å²) in [4.78, 5) is 12.1. The third-order valence-electron chi connectivity index (χ3n) is 5.00. The van der Waals surface area contributed by atoms with E-state index in [0.29, 0.717) is 27.7 Å². The Hall–Kier alpha value is -3.46. The quantitative estimate of drug-likeness (QED) is 0.659. The average Bonchev–Trinajstić information content (AvgIpc) is 2.85. The van der Waals surface area contributed by atoms with Gasteiger partial charge in [-0.25, -0.2) is 0 Å². The molecule has 3 rings (SSSR count). The number of amides is 1. The van der Waals surface area contributed by atoms with Crippen LogP contribution in [0.25, 0.3) is 16.6 Å². The average molecular weight is 348 g/mol. The third-order valence-corrected chi connectivity index (χ3v) is 5.00. The lowest BCUT2D eigenvalue weighted by atomic mass is 9.98. The summed E-state index contributed by atoms with van der Waals surface area (Å²) < 4.78 is 1.66. The lowest BCUT2D eigenvalue weighted by Crippen LogP contribution is -2.14. The maximum Gasteiger partial charge on any atom is 0.253 e. The van der Waals surface area contributed by atoms with Crippen LogP contribution in [0.1, 0.15) is 38.2 Å². The second-order valence-electron chi connectivity index (χ2n) is 6.54. The number of nitrogens with zero attached hydrogens (tertiary/aromatic N) is 2. The first kappa shape index (κ1) is 17.4. The Morgan fingerprint density at radius 1 is 1.15 bits per heavy atom. The van der Waals surface area contributed by atoms with Crippen molar-refractivity contribution < 1.29 is 9.90 Å². The van der Waals surface area contributed by atoms with Crippen molar-refractivity contribution in [1.29, 1.82) is 5.26 Å². The van der Waals surface area contributed by atoms with Gasteiger partial charge in [0.2, 0.25) is 0 Å². The Bertz CT molecular complexity index is 1130. The summed E-state index contributed by atoms with van der Waals surface area (Å²) in [5.74, 6) is -0.394. The first-order valence-corrected chi connectivity index (χ1v) is 8.14. The molecule has 0 aliphatic carbocycles. The Labute approximate surface area is 151 Å². The topological polar surface area (TPSA) is 118 Å². The molecule has 0 spiro atoms. The van der Waals surface area contributed by atoms with E-state index in [9.17, 15) is 15.2 Å². The molecule has 0 unspecified atom stereocenters. The molecule has 1 heterocycles. The van der Waals surface area contributed by atoms with E-state index in [-0.39, 0.29) is 17.1 Å². The maximum atomic E-state index is 12.1. The number of rotatable bonds is 2. The monoisotopic (exact) mass is 348 g/mol. The number of hydrogen-bond acceptors (Lipinski definition) is 4. The summed E-state index contributed by atoms with van der Waals surface area (Å²) in [5, 5.41) is 20.5. The molecular formula is C20H20N4O2. The van der Waals surface area contributed by atoms with Crippen LogP contribution in [-0.4, -0.2) is 15.6 Å². The van der Waals surface area contributed by atoms with Gasteiger partial charge in [-0.2, -0.15) is 5.26 Å². The van der Waals surface area contributed by atoms with Crippen LogP contribution < -0.4 is 11.5 Å². The van der Waals surface area contributed by atoms with Crippen LogP contribution in [0.5, 0.6) is 5.75 Å². The molecule has 0 bridgehead atoms. The lowest BCUT2D eigenvalue weighted by molar-refractivity contribution is 0.100. The Kier molecular flexibility index (Phi) is 3.88. The van der Waals surface area contributed by atoms with Gasteiger partial charge in [-0.3, -0.25) is 9.36 Å². The van der Waals surface area contributed by atoms with Crippen LogP contribution in [0.15, 0.2) is 18.2 Å². The first-order chi connectivity index (χ1) is 12.2. The molecule has 6 nitrogen and oxygen atoms in total. The molecule has 0 saturated carbocycles. The molecule has 0 atom stereocenters. The van der Waals surface area contributed by atoms with E-state index >= 15 is 0 Å². The van der Waals surface area contributed by atoms with Gasteiger partial charge in [0, 0.05) is 10.9 Å². The molecule has 5 N–H and O–H groups in total. The van der Waals surface area contributed by atoms with Crippen LogP contribution in [0.4, 0.5) is 5.82 Å². The number of carbonyl (C=O) groups is 1. The van der Waals surface area contributed by atoms with Gasteiger partial charge >= 0.3 is 0 Å². The van der Waals surface area contributed by atoms with Crippen molar-refractivity contribution in [3.8, 4) is 17.5 Å². The molecule has 2 aromatic carbocycles. The molecule has 132 valence electrons. The van der Waals surface area contributed by atoms with Gasteiger partial charge in [0.25, 0.3) is 5.91 Å². The Morgan fingerprint density at radius 2 is 1.81 bits per heavy atom. The third kappa shape index (κ3) is 2.21. The van der Waals surface area contributed by atoms with E-state index in [0.717, 1.165) is 16.7 Å².